The number of nitrogens with one attached hydrogen (secondary N) is 2. The molecule has 0 saturated carbocycles. The molecular formula is C12H11N3O2. The Morgan fingerprint density at radius 2 is 2.29 bits per heavy atom. The molecule has 1 amide bonds. The Hall–Kier alpha value is -2.43. The van der Waals surface area contributed by atoms with Crippen molar-refractivity contribution in [1.82, 2.24) is 10.2 Å². The topological polar surface area (TPSA) is 74.8 Å². The second-order valence-electron chi connectivity index (χ2n) is 3.55. The zero-order valence-electron chi connectivity index (χ0n) is 9.23. The van der Waals surface area contributed by atoms with Crippen LogP contribution in [0, 0.1) is 0 Å². The molecule has 86 valence electrons. The lowest BCUT2D eigenvalue weighted by Crippen LogP contribution is -2.08. The Morgan fingerprint density at radius 3 is 2.88 bits per heavy atom. The molecule has 0 unspecified atom stereocenters. The van der Waals surface area contributed by atoms with E-state index in [0.29, 0.717) is 11.3 Å². The van der Waals surface area contributed by atoms with Crippen LogP contribution in [0.2, 0.25) is 0 Å². The summed E-state index contributed by atoms with van der Waals surface area (Å²) in [6, 6.07) is 5.27. The van der Waals surface area contributed by atoms with E-state index in [4.69, 9.17) is 0 Å². The number of nitrogens with zero attached hydrogens (tertiary/aromatic N) is 1. The van der Waals surface area contributed by atoms with Crippen molar-refractivity contribution in [2.24, 2.45) is 0 Å². The number of carbonyl (C=O) groups is 2. The van der Waals surface area contributed by atoms with Crippen molar-refractivity contribution in [2.75, 3.05) is 5.32 Å². The van der Waals surface area contributed by atoms with Gasteiger partial charge in [-0.3, -0.25) is 14.7 Å². The lowest BCUT2D eigenvalue weighted by atomic mass is 10.0. The van der Waals surface area contributed by atoms with Gasteiger partial charge in [0, 0.05) is 24.2 Å². The Kier molecular flexibility index (Phi) is 3.00. The van der Waals surface area contributed by atoms with Gasteiger partial charge in [-0.25, -0.2) is 0 Å². The molecule has 0 saturated heterocycles. The molecule has 1 aromatic carbocycles. The van der Waals surface area contributed by atoms with Gasteiger partial charge < -0.3 is 5.32 Å². The van der Waals surface area contributed by atoms with Crippen LogP contribution in [0.25, 0.3) is 11.1 Å². The van der Waals surface area contributed by atoms with Gasteiger partial charge in [0.2, 0.25) is 5.91 Å². The fourth-order valence-corrected chi connectivity index (χ4v) is 1.64. The van der Waals surface area contributed by atoms with Crippen LogP contribution in [0.5, 0.6) is 0 Å². The molecule has 0 atom stereocenters. The third-order valence-corrected chi connectivity index (χ3v) is 2.34. The van der Waals surface area contributed by atoms with Crippen molar-refractivity contribution in [3.63, 3.8) is 0 Å². The Morgan fingerprint density at radius 1 is 1.47 bits per heavy atom. The lowest BCUT2D eigenvalue weighted by Gasteiger charge is -2.09. The predicted octanol–water partition coefficient (Wildman–Crippen LogP) is 1.85. The Bertz CT molecular complexity index is 547. The van der Waals surface area contributed by atoms with Crippen LogP contribution in [0.4, 0.5) is 5.69 Å². The number of aromatic nitrogens is 2. The highest BCUT2D eigenvalue weighted by Crippen LogP contribution is 2.27. The van der Waals surface area contributed by atoms with E-state index in [2.05, 4.69) is 15.5 Å². The molecule has 0 radical (unpaired) electrons. The number of hydrogen-bond donors (Lipinski definition) is 2. The van der Waals surface area contributed by atoms with Gasteiger partial charge in [0.1, 0.15) is 0 Å². The highest BCUT2D eigenvalue weighted by Gasteiger charge is 2.10. The molecule has 0 aliphatic carbocycles. The van der Waals surface area contributed by atoms with Crippen LogP contribution in [-0.4, -0.2) is 22.4 Å². The Labute approximate surface area is 97.9 Å². The smallest absolute Gasteiger partial charge is 0.221 e. The maximum atomic E-state index is 11.1. The van der Waals surface area contributed by atoms with Gasteiger partial charge >= 0.3 is 0 Å². The minimum Gasteiger partial charge on any atom is -0.326 e. The van der Waals surface area contributed by atoms with Crippen LogP contribution in [0.15, 0.2) is 30.6 Å². The third-order valence-electron chi connectivity index (χ3n) is 2.34. The second kappa shape index (κ2) is 4.61. The van der Waals surface area contributed by atoms with E-state index in [0.717, 1.165) is 17.4 Å². The number of amides is 1. The van der Waals surface area contributed by atoms with Crippen LogP contribution in [0.1, 0.15) is 17.3 Å². The van der Waals surface area contributed by atoms with E-state index >= 15 is 0 Å². The molecule has 17 heavy (non-hydrogen) atoms. The molecule has 1 heterocycles. The zero-order valence-corrected chi connectivity index (χ0v) is 9.23. The molecule has 0 fully saturated rings. The van der Waals surface area contributed by atoms with Gasteiger partial charge in [-0.2, -0.15) is 5.10 Å². The van der Waals surface area contributed by atoms with Crippen molar-refractivity contribution in [1.29, 1.82) is 0 Å². The quantitative estimate of drug-likeness (QED) is 0.788. The predicted molar refractivity (Wildman–Crippen MR) is 63.7 cm³/mol. The second-order valence-corrected chi connectivity index (χ2v) is 3.55. The molecule has 5 nitrogen and oxygen atoms in total. The standard InChI is InChI=1S/C12H11N3O2/c1-8(17)15-12-4-2-3-10(11(12)7-16)9-5-13-14-6-9/h2-7H,1H3,(H,13,14)(H,15,17). The minimum absolute atomic E-state index is 0.211. The zero-order chi connectivity index (χ0) is 12.3. The highest BCUT2D eigenvalue weighted by atomic mass is 16.1. The van der Waals surface area contributed by atoms with Crippen molar-refractivity contribution in [3.05, 3.63) is 36.2 Å². The summed E-state index contributed by atoms with van der Waals surface area (Å²) in [5, 5.41) is 9.15. The van der Waals surface area contributed by atoms with Gasteiger partial charge in [0.05, 0.1) is 11.9 Å². The van der Waals surface area contributed by atoms with E-state index in [-0.39, 0.29) is 5.91 Å². The summed E-state index contributed by atoms with van der Waals surface area (Å²) in [5.74, 6) is -0.211. The maximum Gasteiger partial charge on any atom is 0.221 e. The number of carbonyl (C=O) groups excluding carboxylic acids is 2. The summed E-state index contributed by atoms with van der Waals surface area (Å²) in [7, 11) is 0. The van der Waals surface area contributed by atoms with Gasteiger partial charge in [0.15, 0.2) is 6.29 Å². The molecule has 0 bridgehead atoms. The summed E-state index contributed by atoms with van der Waals surface area (Å²) in [5.41, 5.74) is 2.50. The molecule has 5 heteroatoms. The van der Waals surface area contributed by atoms with Crippen LogP contribution < -0.4 is 5.32 Å². The van der Waals surface area contributed by atoms with Crippen LogP contribution >= 0.6 is 0 Å². The number of anilines is 1. The van der Waals surface area contributed by atoms with Gasteiger partial charge in [0.25, 0.3) is 0 Å². The maximum absolute atomic E-state index is 11.1. The van der Waals surface area contributed by atoms with Crippen molar-refractivity contribution in [3.8, 4) is 11.1 Å². The summed E-state index contributed by atoms with van der Waals surface area (Å²) in [4.78, 5) is 22.2. The lowest BCUT2D eigenvalue weighted by molar-refractivity contribution is -0.114. The first-order valence-electron chi connectivity index (χ1n) is 5.07. The largest absolute Gasteiger partial charge is 0.326 e. The fraction of sp³-hybridized carbons (Fsp3) is 0.0833. The summed E-state index contributed by atoms with van der Waals surface area (Å²) in [6.45, 7) is 1.40. The monoisotopic (exact) mass is 229 g/mol. The molecule has 2 rings (SSSR count). The van der Waals surface area contributed by atoms with Gasteiger partial charge in [-0.1, -0.05) is 12.1 Å². The fourth-order valence-electron chi connectivity index (χ4n) is 1.64. The first-order chi connectivity index (χ1) is 8.22. The van der Waals surface area contributed by atoms with Crippen LogP contribution in [-0.2, 0) is 4.79 Å². The average Bonchev–Trinajstić information content (AvgIpc) is 2.81. The third kappa shape index (κ3) is 2.23. The molecule has 2 N–H and O–H groups in total. The summed E-state index contributed by atoms with van der Waals surface area (Å²) < 4.78 is 0. The van der Waals surface area contributed by atoms with Gasteiger partial charge in [-0.05, 0) is 11.6 Å². The SMILES string of the molecule is CC(=O)Nc1cccc(-c2cn[nH]c2)c1C=O. The number of benzene rings is 1. The molecule has 0 aliphatic rings. The van der Waals surface area contributed by atoms with E-state index in [1.54, 1.807) is 30.6 Å². The first kappa shape index (κ1) is 11.1. The van der Waals surface area contributed by atoms with Crippen molar-refractivity contribution in [2.45, 2.75) is 6.92 Å². The van der Waals surface area contributed by atoms with E-state index in [1.807, 2.05) is 0 Å². The number of H-pyrrole nitrogens is 1. The first-order valence-corrected chi connectivity index (χ1v) is 5.07. The number of aromatic amines is 1. The van der Waals surface area contributed by atoms with Crippen molar-refractivity contribution < 1.29 is 9.59 Å². The molecule has 0 aliphatic heterocycles. The highest BCUT2D eigenvalue weighted by molar-refractivity contribution is 6.00. The normalized spacial score (nSPS) is 9.94. The van der Waals surface area contributed by atoms with E-state index < -0.39 is 0 Å². The van der Waals surface area contributed by atoms with E-state index in [1.165, 1.54) is 6.92 Å². The van der Waals surface area contributed by atoms with Gasteiger partial charge in [-0.15, -0.1) is 0 Å². The molecular weight excluding hydrogens is 218 g/mol. The minimum atomic E-state index is -0.211. The number of hydrogen-bond acceptors (Lipinski definition) is 3. The Balaban J connectivity index is 2.53. The average molecular weight is 229 g/mol. The van der Waals surface area contributed by atoms with Crippen molar-refractivity contribution >= 4 is 17.9 Å². The summed E-state index contributed by atoms with van der Waals surface area (Å²) in [6.07, 6.45) is 4.05. The van der Waals surface area contributed by atoms with Crippen LogP contribution in [0.3, 0.4) is 0 Å². The van der Waals surface area contributed by atoms with E-state index in [9.17, 15) is 9.59 Å². The molecule has 1 aromatic heterocycles. The number of rotatable bonds is 3. The number of aldehydes is 1. The summed E-state index contributed by atoms with van der Waals surface area (Å²) >= 11 is 0. The molecule has 2 aromatic rings. The molecule has 0 spiro atoms.